The lowest BCUT2D eigenvalue weighted by molar-refractivity contribution is 0.0952. The molecule has 0 aromatic carbocycles. The molecule has 1 N–H and O–H groups in total. The van der Waals surface area contributed by atoms with Crippen molar-refractivity contribution >= 4 is 28.8 Å². The number of rotatable bonds is 4. The summed E-state index contributed by atoms with van der Waals surface area (Å²) in [5.74, 6) is 0.197. The molecule has 4 nitrogen and oxygen atoms in total. The molecular formula is C11H10ClN3OS. The van der Waals surface area contributed by atoms with E-state index in [1.807, 2.05) is 12.1 Å². The van der Waals surface area contributed by atoms with E-state index in [-0.39, 0.29) is 5.91 Å². The number of amides is 1. The van der Waals surface area contributed by atoms with Crippen LogP contribution in [0.4, 0.5) is 0 Å². The molecule has 2 aromatic rings. The third-order valence-electron chi connectivity index (χ3n) is 2.03. The highest BCUT2D eigenvalue weighted by Gasteiger charge is 2.10. The van der Waals surface area contributed by atoms with Crippen molar-refractivity contribution in [2.75, 3.05) is 12.4 Å². The number of hydrogen-bond donors (Lipinski definition) is 1. The van der Waals surface area contributed by atoms with Crippen molar-refractivity contribution in [2.24, 2.45) is 0 Å². The first-order valence-electron chi connectivity index (χ1n) is 5.01. The minimum atomic E-state index is -0.197. The molecule has 0 bridgehead atoms. The molecular weight excluding hydrogens is 258 g/mol. The van der Waals surface area contributed by atoms with Crippen LogP contribution >= 0.6 is 22.9 Å². The summed E-state index contributed by atoms with van der Waals surface area (Å²) >= 11 is 6.91. The molecule has 6 heteroatoms. The molecule has 0 radical (unpaired) electrons. The third-order valence-corrected chi connectivity index (χ3v) is 3.11. The first-order valence-corrected chi connectivity index (χ1v) is 6.43. The number of carbonyl (C=O) groups excluding carboxylic acids is 1. The predicted molar refractivity (Wildman–Crippen MR) is 68.4 cm³/mol. The van der Waals surface area contributed by atoms with Gasteiger partial charge in [-0.15, -0.1) is 22.9 Å². The molecule has 2 heterocycles. The van der Waals surface area contributed by atoms with Crippen molar-refractivity contribution < 1.29 is 4.79 Å². The molecule has 0 saturated heterocycles. The van der Waals surface area contributed by atoms with Gasteiger partial charge in [-0.25, -0.2) is 4.98 Å². The number of thiazole rings is 1. The zero-order chi connectivity index (χ0) is 12.1. The Morgan fingerprint density at radius 3 is 3.12 bits per heavy atom. The van der Waals surface area contributed by atoms with E-state index in [0.717, 1.165) is 10.6 Å². The highest BCUT2D eigenvalue weighted by molar-refractivity contribution is 7.13. The van der Waals surface area contributed by atoms with Gasteiger partial charge in [0.05, 0.1) is 0 Å². The molecule has 0 aliphatic rings. The number of carbonyl (C=O) groups is 1. The summed E-state index contributed by atoms with van der Waals surface area (Å²) in [4.78, 5) is 19.9. The maximum Gasteiger partial charge on any atom is 0.270 e. The number of nitrogens with zero attached hydrogens (tertiary/aromatic N) is 2. The summed E-state index contributed by atoms with van der Waals surface area (Å²) in [7, 11) is 0. The van der Waals surface area contributed by atoms with Crippen LogP contribution in [-0.2, 0) is 0 Å². The van der Waals surface area contributed by atoms with Gasteiger partial charge in [0.2, 0.25) is 0 Å². The fraction of sp³-hybridized carbons (Fsp3) is 0.182. The molecule has 17 heavy (non-hydrogen) atoms. The van der Waals surface area contributed by atoms with Crippen LogP contribution in [0.2, 0.25) is 0 Å². The second-order valence-corrected chi connectivity index (χ2v) is 4.46. The van der Waals surface area contributed by atoms with Gasteiger partial charge in [0.1, 0.15) is 10.7 Å². The molecule has 0 unspecified atom stereocenters. The van der Waals surface area contributed by atoms with Crippen LogP contribution in [0, 0.1) is 0 Å². The summed E-state index contributed by atoms with van der Waals surface area (Å²) in [5, 5.41) is 5.19. The Bertz CT molecular complexity index is 500. The molecule has 0 spiro atoms. The molecule has 0 saturated carbocycles. The second-order valence-electron chi connectivity index (χ2n) is 3.22. The normalized spacial score (nSPS) is 10.2. The number of hydrogen-bond acceptors (Lipinski definition) is 4. The number of alkyl halides is 1. The van der Waals surface area contributed by atoms with E-state index in [2.05, 4.69) is 15.3 Å². The molecule has 0 aliphatic heterocycles. The number of nitrogens with one attached hydrogen (secondary N) is 1. The summed E-state index contributed by atoms with van der Waals surface area (Å²) in [6, 6.07) is 3.75. The van der Waals surface area contributed by atoms with E-state index < -0.39 is 0 Å². The van der Waals surface area contributed by atoms with E-state index in [4.69, 9.17) is 11.6 Å². The Balaban J connectivity index is 2.14. The Morgan fingerprint density at radius 2 is 2.41 bits per heavy atom. The zero-order valence-electron chi connectivity index (χ0n) is 8.89. The molecule has 0 atom stereocenters. The van der Waals surface area contributed by atoms with Crippen molar-refractivity contribution in [2.45, 2.75) is 0 Å². The van der Waals surface area contributed by atoms with Crippen molar-refractivity contribution in [3.05, 3.63) is 35.6 Å². The van der Waals surface area contributed by atoms with E-state index in [9.17, 15) is 4.79 Å². The van der Waals surface area contributed by atoms with Crippen molar-refractivity contribution in [3.63, 3.8) is 0 Å². The average Bonchev–Trinajstić information content (AvgIpc) is 2.86. The first-order chi connectivity index (χ1) is 8.31. The lowest BCUT2D eigenvalue weighted by Gasteiger charge is -1.98. The Labute approximate surface area is 108 Å². The quantitative estimate of drug-likeness (QED) is 0.864. The lowest BCUT2D eigenvalue weighted by Crippen LogP contribution is -2.25. The van der Waals surface area contributed by atoms with Gasteiger partial charge in [-0.3, -0.25) is 9.78 Å². The van der Waals surface area contributed by atoms with Gasteiger partial charge in [0, 0.05) is 35.8 Å². The van der Waals surface area contributed by atoms with Crippen LogP contribution in [0.5, 0.6) is 0 Å². The number of aromatic nitrogens is 2. The first kappa shape index (κ1) is 12.0. The Morgan fingerprint density at radius 1 is 1.53 bits per heavy atom. The van der Waals surface area contributed by atoms with Gasteiger partial charge < -0.3 is 5.32 Å². The van der Waals surface area contributed by atoms with Gasteiger partial charge >= 0.3 is 0 Å². The van der Waals surface area contributed by atoms with Crippen LogP contribution in [0.3, 0.4) is 0 Å². The van der Waals surface area contributed by atoms with Gasteiger partial charge in [-0.05, 0) is 12.1 Å². The van der Waals surface area contributed by atoms with Crippen molar-refractivity contribution in [1.82, 2.24) is 15.3 Å². The molecule has 0 aliphatic carbocycles. The lowest BCUT2D eigenvalue weighted by atomic mass is 10.3. The molecule has 2 aromatic heterocycles. The molecule has 88 valence electrons. The van der Waals surface area contributed by atoms with Crippen LogP contribution in [-0.4, -0.2) is 28.3 Å². The largest absolute Gasteiger partial charge is 0.349 e. The van der Waals surface area contributed by atoms with Gasteiger partial charge in [-0.1, -0.05) is 0 Å². The minimum absolute atomic E-state index is 0.197. The topological polar surface area (TPSA) is 54.9 Å². The summed E-state index contributed by atoms with van der Waals surface area (Å²) in [5.41, 5.74) is 1.33. The predicted octanol–water partition coefficient (Wildman–Crippen LogP) is 2.17. The Hall–Kier alpha value is -1.46. The van der Waals surface area contributed by atoms with Crippen LogP contribution in [0.15, 0.2) is 29.9 Å². The van der Waals surface area contributed by atoms with E-state index in [1.54, 1.807) is 17.8 Å². The average molecular weight is 268 g/mol. The van der Waals surface area contributed by atoms with Crippen LogP contribution < -0.4 is 5.32 Å². The zero-order valence-corrected chi connectivity index (χ0v) is 10.5. The maximum absolute atomic E-state index is 11.6. The van der Waals surface area contributed by atoms with Crippen LogP contribution in [0.25, 0.3) is 10.6 Å². The van der Waals surface area contributed by atoms with Crippen molar-refractivity contribution in [1.29, 1.82) is 0 Å². The monoisotopic (exact) mass is 267 g/mol. The summed E-state index contributed by atoms with van der Waals surface area (Å²) in [6.45, 7) is 0.445. The smallest absolute Gasteiger partial charge is 0.270 e. The summed E-state index contributed by atoms with van der Waals surface area (Å²) < 4.78 is 0. The van der Waals surface area contributed by atoms with E-state index in [0.29, 0.717) is 18.1 Å². The van der Waals surface area contributed by atoms with Crippen molar-refractivity contribution in [3.8, 4) is 10.6 Å². The third kappa shape index (κ3) is 3.01. The SMILES string of the molecule is O=C(NCCCl)c1csc(-c2cccnc2)n1. The minimum Gasteiger partial charge on any atom is -0.349 e. The van der Waals surface area contributed by atoms with Crippen LogP contribution in [0.1, 0.15) is 10.5 Å². The van der Waals surface area contributed by atoms with Gasteiger partial charge in [0.15, 0.2) is 0 Å². The molecule has 0 fully saturated rings. The highest BCUT2D eigenvalue weighted by atomic mass is 35.5. The van der Waals surface area contributed by atoms with E-state index in [1.165, 1.54) is 11.3 Å². The standard InChI is InChI=1S/C11H10ClN3OS/c12-3-5-14-10(16)9-7-17-11(15-9)8-2-1-4-13-6-8/h1-2,4,6-7H,3,5H2,(H,14,16). The number of pyridine rings is 1. The van der Waals surface area contributed by atoms with Gasteiger partial charge in [-0.2, -0.15) is 0 Å². The fourth-order valence-corrected chi connectivity index (χ4v) is 2.14. The Kier molecular flexibility index (Phi) is 4.06. The molecule has 2 rings (SSSR count). The van der Waals surface area contributed by atoms with Gasteiger partial charge in [0.25, 0.3) is 5.91 Å². The molecule has 1 amide bonds. The highest BCUT2D eigenvalue weighted by Crippen LogP contribution is 2.22. The fourth-order valence-electron chi connectivity index (χ4n) is 1.25. The maximum atomic E-state index is 11.6. The number of halogens is 1. The second kappa shape index (κ2) is 5.75. The van der Waals surface area contributed by atoms with E-state index >= 15 is 0 Å². The summed E-state index contributed by atoms with van der Waals surface area (Å²) in [6.07, 6.45) is 3.42.